The fourth-order valence-corrected chi connectivity index (χ4v) is 1.61. The van der Waals surface area contributed by atoms with Gasteiger partial charge in [0.25, 0.3) is 0 Å². The Morgan fingerprint density at radius 1 is 1.24 bits per heavy atom. The van der Waals surface area contributed by atoms with Crippen molar-refractivity contribution in [2.45, 2.75) is 33.2 Å². The van der Waals surface area contributed by atoms with Crippen molar-refractivity contribution in [3.8, 4) is 5.75 Å². The third-order valence-electron chi connectivity index (χ3n) is 2.18. The molecule has 0 spiro atoms. The van der Waals surface area contributed by atoms with Gasteiger partial charge in [0.05, 0.1) is 0 Å². The molecule has 1 atom stereocenters. The molecule has 0 radical (unpaired) electrons. The highest BCUT2D eigenvalue weighted by Gasteiger charge is 2.05. The lowest BCUT2D eigenvalue weighted by molar-refractivity contribution is -0.131. The van der Waals surface area contributed by atoms with Gasteiger partial charge in [-0.15, -0.1) is 0 Å². The predicted molar refractivity (Wildman–Crippen MR) is 64.7 cm³/mol. The summed E-state index contributed by atoms with van der Waals surface area (Å²) in [6.45, 7) is 4.81. The number of hydrogen-bond donors (Lipinski definition) is 1. The molecule has 1 unspecified atom stereocenters. The highest BCUT2D eigenvalue weighted by molar-refractivity contribution is 5.73. The molecular weight excluding hydrogens is 218 g/mol. The normalized spacial score (nSPS) is 11.7. The van der Waals surface area contributed by atoms with Crippen molar-refractivity contribution in [3.05, 3.63) is 29.8 Å². The Hall–Kier alpha value is -1.84. The van der Waals surface area contributed by atoms with E-state index in [1.165, 1.54) is 13.8 Å². The van der Waals surface area contributed by atoms with Crippen LogP contribution in [0.3, 0.4) is 0 Å². The fourth-order valence-electron chi connectivity index (χ4n) is 1.61. The maximum Gasteiger partial charge on any atom is 0.308 e. The van der Waals surface area contributed by atoms with E-state index in [4.69, 9.17) is 4.74 Å². The minimum Gasteiger partial charge on any atom is -0.427 e. The molecule has 92 valence electrons. The molecule has 0 aliphatic carbocycles. The largest absolute Gasteiger partial charge is 0.427 e. The Labute approximate surface area is 101 Å². The Bertz CT molecular complexity index is 398. The summed E-state index contributed by atoms with van der Waals surface area (Å²) in [4.78, 5) is 21.6. The average molecular weight is 235 g/mol. The number of amides is 1. The topological polar surface area (TPSA) is 55.4 Å². The second-order valence-electron chi connectivity index (χ2n) is 4.04. The highest BCUT2D eigenvalue weighted by atomic mass is 16.5. The van der Waals surface area contributed by atoms with Gasteiger partial charge >= 0.3 is 5.97 Å². The van der Waals surface area contributed by atoms with E-state index in [1.54, 1.807) is 12.1 Å². The van der Waals surface area contributed by atoms with E-state index in [2.05, 4.69) is 5.32 Å². The van der Waals surface area contributed by atoms with Gasteiger partial charge in [-0.1, -0.05) is 12.1 Å². The third-order valence-corrected chi connectivity index (χ3v) is 2.18. The van der Waals surface area contributed by atoms with Crippen LogP contribution >= 0.6 is 0 Å². The molecule has 4 heteroatoms. The van der Waals surface area contributed by atoms with Crippen LogP contribution in [0.5, 0.6) is 5.75 Å². The van der Waals surface area contributed by atoms with Gasteiger partial charge in [-0.25, -0.2) is 0 Å². The van der Waals surface area contributed by atoms with Crippen molar-refractivity contribution in [3.63, 3.8) is 0 Å². The van der Waals surface area contributed by atoms with Crippen LogP contribution in [0.1, 0.15) is 26.3 Å². The Kier molecular flexibility index (Phi) is 4.69. The van der Waals surface area contributed by atoms with Crippen LogP contribution in [-0.4, -0.2) is 17.9 Å². The molecule has 17 heavy (non-hydrogen) atoms. The molecule has 1 N–H and O–H groups in total. The van der Waals surface area contributed by atoms with Crippen molar-refractivity contribution in [2.24, 2.45) is 0 Å². The maximum absolute atomic E-state index is 10.9. The first-order valence-electron chi connectivity index (χ1n) is 5.52. The van der Waals surface area contributed by atoms with E-state index in [9.17, 15) is 9.59 Å². The van der Waals surface area contributed by atoms with Crippen LogP contribution in [-0.2, 0) is 16.0 Å². The van der Waals surface area contributed by atoms with E-state index >= 15 is 0 Å². The SMILES string of the molecule is CC(=O)NC(C)Cc1ccc(OC(C)=O)cc1. The number of esters is 1. The molecule has 0 aromatic heterocycles. The molecule has 0 aliphatic heterocycles. The van der Waals surface area contributed by atoms with Crippen LogP contribution < -0.4 is 10.1 Å². The number of nitrogens with one attached hydrogen (secondary N) is 1. The predicted octanol–water partition coefficient (Wildman–Crippen LogP) is 1.68. The molecule has 0 saturated carbocycles. The number of benzene rings is 1. The van der Waals surface area contributed by atoms with Crippen LogP contribution in [0.2, 0.25) is 0 Å². The summed E-state index contributed by atoms with van der Waals surface area (Å²) in [7, 11) is 0. The van der Waals surface area contributed by atoms with E-state index < -0.39 is 0 Å². The van der Waals surface area contributed by atoms with Gasteiger partial charge in [-0.3, -0.25) is 9.59 Å². The average Bonchev–Trinajstić information content (AvgIpc) is 2.18. The summed E-state index contributed by atoms with van der Waals surface area (Å²) in [6, 6.07) is 7.36. The molecule has 0 aliphatic rings. The van der Waals surface area contributed by atoms with Gasteiger partial charge in [0, 0.05) is 19.9 Å². The van der Waals surface area contributed by atoms with E-state index in [-0.39, 0.29) is 17.9 Å². The van der Waals surface area contributed by atoms with E-state index in [0.717, 1.165) is 12.0 Å². The quantitative estimate of drug-likeness (QED) is 0.638. The smallest absolute Gasteiger partial charge is 0.308 e. The first kappa shape index (κ1) is 13.2. The summed E-state index contributed by atoms with van der Waals surface area (Å²) >= 11 is 0. The zero-order valence-corrected chi connectivity index (χ0v) is 10.3. The second kappa shape index (κ2) is 6.03. The van der Waals surface area contributed by atoms with Gasteiger partial charge < -0.3 is 10.1 Å². The zero-order chi connectivity index (χ0) is 12.8. The highest BCUT2D eigenvalue weighted by Crippen LogP contribution is 2.13. The summed E-state index contributed by atoms with van der Waals surface area (Å²) in [5, 5.41) is 2.81. The lowest BCUT2D eigenvalue weighted by Crippen LogP contribution is -2.31. The summed E-state index contributed by atoms with van der Waals surface area (Å²) in [6.07, 6.45) is 0.750. The first-order chi connectivity index (χ1) is 7.97. The molecular formula is C13H17NO3. The van der Waals surface area contributed by atoms with E-state index in [1.807, 2.05) is 19.1 Å². The molecule has 0 saturated heterocycles. The van der Waals surface area contributed by atoms with E-state index in [0.29, 0.717) is 5.75 Å². The molecule has 1 amide bonds. The standard InChI is InChI=1S/C13H17NO3/c1-9(14-10(2)15)8-12-4-6-13(7-5-12)17-11(3)16/h4-7,9H,8H2,1-3H3,(H,14,15). The van der Waals surface area contributed by atoms with Crippen molar-refractivity contribution < 1.29 is 14.3 Å². The van der Waals surface area contributed by atoms with Crippen LogP contribution in [0, 0.1) is 0 Å². The Morgan fingerprint density at radius 3 is 2.29 bits per heavy atom. The van der Waals surface area contributed by atoms with Gasteiger partial charge in [0.1, 0.15) is 5.75 Å². The molecule has 1 aromatic carbocycles. The number of rotatable bonds is 4. The molecule has 1 rings (SSSR count). The van der Waals surface area contributed by atoms with Gasteiger partial charge in [-0.05, 0) is 31.0 Å². The van der Waals surface area contributed by atoms with Crippen LogP contribution in [0.15, 0.2) is 24.3 Å². The Balaban J connectivity index is 2.56. The van der Waals surface area contributed by atoms with Crippen molar-refractivity contribution in [1.29, 1.82) is 0 Å². The minimum absolute atomic E-state index is 0.0333. The van der Waals surface area contributed by atoms with Gasteiger partial charge in [0.15, 0.2) is 0 Å². The molecule has 0 heterocycles. The van der Waals surface area contributed by atoms with Crippen LogP contribution in [0.4, 0.5) is 0 Å². The summed E-state index contributed by atoms with van der Waals surface area (Å²) < 4.78 is 4.93. The zero-order valence-electron chi connectivity index (χ0n) is 10.3. The Morgan fingerprint density at radius 2 is 1.82 bits per heavy atom. The molecule has 0 bridgehead atoms. The lowest BCUT2D eigenvalue weighted by Gasteiger charge is -2.12. The summed E-state index contributed by atoms with van der Waals surface area (Å²) in [5.41, 5.74) is 1.09. The van der Waals surface area contributed by atoms with Crippen molar-refractivity contribution in [1.82, 2.24) is 5.32 Å². The number of ether oxygens (including phenoxy) is 1. The van der Waals surface area contributed by atoms with Gasteiger partial charge in [-0.2, -0.15) is 0 Å². The van der Waals surface area contributed by atoms with Gasteiger partial charge in [0.2, 0.25) is 5.91 Å². The summed E-state index contributed by atoms with van der Waals surface area (Å²) in [5.74, 6) is 0.173. The second-order valence-corrected chi connectivity index (χ2v) is 4.04. The number of carbonyl (C=O) groups is 2. The molecule has 1 aromatic rings. The first-order valence-corrected chi connectivity index (χ1v) is 5.52. The third kappa shape index (κ3) is 5.15. The minimum atomic E-state index is -0.329. The number of carbonyl (C=O) groups excluding carboxylic acids is 2. The molecule has 4 nitrogen and oxygen atoms in total. The number of hydrogen-bond acceptors (Lipinski definition) is 3. The fraction of sp³-hybridized carbons (Fsp3) is 0.385. The van der Waals surface area contributed by atoms with Crippen LogP contribution in [0.25, 0.3) is 0 Å². The van der Waals surface area contributed by atoms with Crippen molar-refractivity contribution in [2.75, 3.05) is 0 Å². The molecule has 0 fully saturated rings. The monoisotopic (exact) mass is 235 g/mol. The lowest BCUT2D eigenvalue weighted by atomic mass is 10.1. The maximum atomic E-state index is 10.9. The van der Waals surface area contributed by atoms with Crippen molar-refractivity contribution >= 4 is 11.9 Å².